The second kappa shape index (κ2) is 11.7. The molecule has 5 unspecified atom stereocenters. The van der Waals surface area contributed by atoms with Crippen molar-refractivity contribution < 1.29 is 19.8 Å². The van der Waals surface area contributed by atoms with Gasteiger partial charge in [0.1, 0.15) is 5.78 Å². The summed E-state index contributed by atoms with van der Waals surface area (Å²) in [6, 6.07) is 5.32. The minimum absolute atomic E-state index is 0.0452. The lowest BCUT2D eigenvalue weighted by Gasteiger charge is -2.34. The largest absolute Gasteiger partial charge is 0.392 e. The van der Waals surface area contributed by atoms with Crippen molar-refractivity contribution in [1.29, 1.82) is 0 Å². The van der Waals surface area contributed by atoms with Crippen molar-refractivity contribution in [3.8, 4) is 0 Å². The van der Waals surface area contributed by atoms with Crippen LogP contribution in [0.5, 0.6) is 0 Å². The number of aromatic nitrogens is 1. The second-order valence-corrected chi connectivity index (χ2v) is 10.2. The number of Topliss-reactive ketones (excluding diaryl/α,β-unsaturated/α-hetero) is 1. The Hall–Kier alpha value is -2.31. The van der Waals surface area contributed by atoms with E-state index >= 15 is 0 Å². The Kier molecular flexibility index (Phi) is 9.56. The Morgan fingerprint density at radius 1 is 1.21 bits per heavy atom. The van der Waals surface area contributed by atoms with Crippen LogP contribution in [0, 0.1) is 17.3 Å². The zero-order valence-electron chi connectivity index (χ0n) is 20.8. The van der Waals surface area contributed by atoms with Crippen molar-refractivity contribution in [2.75, 3.05) is 0 Å². The zero-order chi connectivity index (χ0) is 24.8. The highest BCUT2D eigenvalue weighted by atomic mass is 16.3. The molecule has 0 radical (unpaired) electrons. The predicted molar refractivity (Wildman–Crippen MR) is 131 cm³/mol. The number of pyridine rings is 1. The first-order valence-corrected chi connectivity index (χ1v) is 11.9. The van der Waals surface area contributed by atoms with Crippen LogP contribution in [0.3, 0.4) is 0 Å². The molecule has 5 atom stereocenters. The molecule has 1 amide bonds. The van der Waals surface area contributed by atoms with Crippen molar-refractivity contribution in [3.63, 3.8) is 0 Å². The van der Waals surface area contributed by atoms with Crippen LogP contribution in [0.4, 0.5) is 0 Å². The van der Waals surface area contributed by atoms with E-state index in [1.54, 1.807) is 27.0 Å². The van der Waals surface area contributed by atoms with Crippen LogP contribution in [0.2, 0.25) is 0 Å². The molecule has 2 heterocycles. The van der Waals surface area contributed by atoms with E-state index in [1.165, 1.54) is 0 Å². The second-order valence-electron chi connectivity index (χ2n) is 10.2. The van der Waals surface area contributed by atoms with Crippen molar-refractivity contribution in [1.82, 2.24) is 10.3 Å². The van der Waals surface area contributed by atoms with Gasteiger partial charge in [-0.3, -0.25) is 14.6 Å². The molecule has 0 bridgehead atoms. The molecule has 1 aliphatic rings. The Bertz CT molecular complexity index is 875. The average Bonchev–Trinajstić information content (AvgIpc) is 2.76. The van der Waals surface area contributed by atoms with Crippen LogP contribution in [0.15, 0.2) is 41.6 Å². The number of rotatable bonds is 2. The molecule has 33 heavy (non-hydrogen) atoms. The lowest BCUT2D eigenvalue weighted by Crippen LogP contribution is -2.47. The molecule has 1 aromatic heterocycles. The summed E-state index contributed by atoms with van der Waals surface area (Å²) in [5.41, 5.74) is 1.70. The van der Waals surface area contributed by atoms with Crippen LogP contribution in [0.1, 0.15) is 72.9 Å². The minimum Gasteiger partial charge on any atom is -0.392 e. The number of carbonyl (C=O) groups is 2. The Morgan fingerprint density at radius 2 is 1.91 bits per heavy atom. The van der Waals surface area contributed by atoms with Gasteiger partial charge in [-0.15, -0.1) is 0 Å². The van der Waals surface area contributed by atoms with E-state index in [4.69, 9.17) is 0 Å². The zero-order valence-corrected chi connectivity index (χ0v) is 20.8. The molecule has 6 nitrogen and oxygen atoms in total. The van der Waals surface area contributed by atoms with E-state index in [2.05, 4.69) is 10.3 Å². The number of ketones is 1. The van der Waals surface area contributed by atoms with E-state index in [1.807, 2.05) is 51.1 Å². The molecule has 1 aromatic rings. The number of nitrogens with one attached hydrogen (secondary N) is 1. The van der Waals surface area contributed by atoms with Gasteiger partial charge < -0.3 is 15.5 Å². The van der Waals surface area contributed by atoms with Crippen molar-refractivity contribution in [2.24, 2.45) is 17.3 Å². The molecule has 3 N–H and O–H groups in total. The first kappa shape index (κ1) is 26.9. The van der Waals surface area contributed by atoms with E-state index in [0.29, 0.717) is 0 Å². The van der Waals surface area contributed by atoms with Crippen LogP contribution >= 0.6 is 0 Å². The van der Waals surface area contributed by atoms with Gasteiger partial charge in [0.2, 0.25) is 5.91 Å². The van der Waals surface area contributed by atoms with Gasteiger partial charge in [0, 0.05) is 12.1 Å². The summed E-state index contributed by atoms with van der Waals surface area (Å²) in [5, 5.41) is 24.6. The average molecular weight is 457 g/mol. The lowest BCUT2D eigenvalue weighted by molar-refractivity contribution is -0.143. The fraction of sp³-hybridized carbons (Fsp3) is 0.593. The van der Waals surface area contributed by atoms with E-state index in [0.717, 1.165) is 36.1 Å². The molecule has 0 aliphatic carbocycles. The number of amides is 1. The van der Waals surface area contributed by atoms with Gasteiger partial charge in [-0.2, -0.15) is 0 Å². The minimum atomic E-state index is -1.16. The molecule has 0 saturated carbocycles. The third-order valence-corrected chi connectivity index (χ3v) is 6.91. The summed E-state index contributed by atoms with van der Waals surface area (Å²) in [4.78, 5) is 30.4. The number of allylic oxidation sites excluding steroid dienone is 1. The maximum atomic E-state index is 13.1. The molecular weight excluding hydrogens is 416 g/mol. The summed E-state index contributed by atoms with van der Waals surface area (Å²) in [6.07, 6.45) is 6.04. The van der Waals surface area contributed by atoms with Crippen molar-refractivity contribution in [3.05, 3.63) is 47.3 Å². The number of hydrogen-bond donors (Lipinski definition) is 3. The number of aliphatic hydroxyl groups is 2. The fourth-order valence-corrected chi connectivity index (χ4v) is 4.37. The highest BCUT2D eigenvalue weighted by Gasteiger charge is 2.42. The molecular formula is C27H40N2O4. The summed E-state index contributed by atoms with van der Waals surface area (Å²) in [5.74, 6) is -1.22. The molecule has 0 aromatic carbocycles. The molecule has 6 heteroatoms. The molecule has 0 saturated heterocycles. The third-order valence-electron chi connectivity index (χ3n) is 6.91. The first-order chi connectivity index (χ1) is 15.4. The third kappa shape index (κ3) is 7.34. The van der Waals surface area contributed by atoms with Crippen LogP contribution in [-0.2, 0) is 9.59 Å². The predicted octanol–water partition coefficient (Wildman–Crippen LogP) is 4.08. The fourth-order valence-electron chi connectivity index (χ4n) is 4.37. The first-order valence-electron chi connectivity index (χ1n) is 11.9. The monoisotopic (exact) mass is 456 g/mol. The normalized spacial score (nSPS) is 30.6. The molecule has 182 valence electrons. The van der Waals surface area contributed by atoms with Crippen LogP contribution < -0.4 is 5.32 Å². The Labute approximate surface area is 198 Å². The van der Waals surface area contributed by atoms with Gasteiger partial charge in [-0.05, 0) is 62.8 Å². The molecule has 0 fully saturated rings. The highest BCUT2D eigenvalue weighted by molar-refractivity contribution is 5.88. The van der Waals surface area contributed by atoms with Crippen molar-refractivity contribution in [2.45, 2.75) is 85.5 Å². The smallest absolute Gasteiger partial charge is 0.223 e. The van der Waals surface area contributed by atoms with Gasteiger partial charge in [0.05, 0.1) is 35.8 Å². The number of nitrogens with zero attached hydrogens (tertiary/aromatic N) is 1. The van der Waals surface area contributed by atoms with Gasteiger partial charge >= 0.3 is 0 Å². The highest BCUT2D eigenvalue weighted by Crippen LogP contribution is 2.32. The maximum Gasteiger partial charge on any atom is 0.223 e. The van der Waals surface area contributed by atoms with Gasteiger partial charge in [-0.1, -0.05) is 45.4 Å². The van der Waals surface area contributed by atoms with Crippen LogP contribution in [-0.4, -0.2) is 45.1 Å². The van der Waals surface area contributed by atoms with E-state index in [9.17, 15) is 19.8 Å². The summed E-state index contributed by atoms with van der Waals surface area (Å²) in [7, 11) is 0. The maximum absolute atomic E-state index is 13.1. The Morgan fingerprint density at radius 3 is 2.55 bits per heavy atom. The number of carbonyl (C=O) groups excluding carboxylic acids is 2. The SMILES string of the molecule is CC1=CC(C(C)=Cc2ccccn2)NC(=O)CC(O)C(C)(C)C(=O)C(C)C(O)C(C)CCC1. The van der Waals surface area contributed by atoms with Crippen LogP contribution in [0.25, 0.3) is 6.08 Å². The number of aliphatic hydroxyl groups excluding tert-OH is 2. The van der Waals surface area contributed by atoms with Gasteiger partial charge in [0.15, 0.2) is 0 Å². The Balaban J connectivity index is 2.37. The number of hydrogen-bond acceptors (Lipinski definition) is 5. The van der Waals surface area contributed by atoms with Gasteiger partial charge in [-0.25, -0.2) is 0 Å². The van der Waals surface area contributed by atoms with E-state index in [-0.39, 0.29) is 30.1 Å². The van der Waals surface area contributed by atoms with E-state index < -0.39 is 23.5 Å². The summed E-state index contributed by atoms with van der Waals surface area (Å²) >= 11 is 0. The quantitative estimate of drug-likeness (QED) is 0.583. The molecule has 2 rings (SSSR count). The molecule has 0 spiro atoms. The van der Waals surface area contributed by atoms with Gasteiger partial charge in [0.25, 0.3) is 0 Å². The standard InChI is InChI=1S/C27H40N2O4/c1-17-10-9-11-18(2)25(32)20(4)26(33)27(5,6)23(30)16-24(31)29-22(14-17)19(3)15-21-12-7-8-13-28-21/h7-8,12-15,18,20,22-23,25,30,32H,9-11,16H2,1-6H3,(H,29,31). The summed E-state index contributed by atoms with van der Waals surface area (Å²) in [6.45, 7) is 10.9. The topological polar surface area (TPSA) is 99.5 Å². The van der Waals surface area contributed by atoms with Crippen molar-refractivity contribution >= 4 is 17.8 Å². The molecule has 1 aliphatic heterocycles. The summed E-state index contributed by atoms with van der Waals surface area (Å²) < 4.78 is 0. The lowest BCUT2D eigenvalue weighted by atomic mass is 9.73.